The second-order valence-electron chi connectivity index (χ2n) is 7.77. The van der Waals surface area contributed by atoms with Crippen molar-refractivity contribution in [1.29, 1.82) is 0 Å². The quantitative estimate of drug-likeness (QED) is 0.872. The molecule has 0 aromatic heterocycles. The minimum absolute atomic E-state index is 0.0600. The fourth-order valence-corrected chi connectivity index (χ4v) is 4.74. The van der Waals surface area contributed by atoms with E-state index in [9.17, 15) is 9.90 Å². The molecule has 3 atom stereocenters. The van der Waals surface area contributed by atoms with Crippen LogP contribution in [0, 0.1) is 23.7 Å². The van der Waals surface area contributed by atoms with E-state index >= 15 is 0 Å². The van der Waals surface area contributed by atoms with Crippen molar-refractivity contribution in [2.75, 3.05) is 0 Å². The minimum Gasteiger partial charge on any atom is -0.508 e. The van der Waals surface area contributed by atoms with Crippen molar-refractivity contribution in [3.63, 3.8) is 0 Å². The average Bonchev–Trinajstić information content (AvgIpc) is 2.89. The van der Waals surface area contributed by atoms with E-state index in [2.05, 4.69) is 26.1 Å². The lowest BCUT2D eigenvalue weighted by Gasteiger charge is -2.43. The molecular formula is C18H25NO2. The van der Waals surface area contributed by atoms with Gasteiger partial charge in [-0.2, -0.15) is 0 Å². The fraction of sp³-hybridized carbons (Fsp3) is 0.611. The third-order valence-corrected chi connectivity index (χ3v) is 6.10. The van der Waals surface area contributed by atoms with Crippen molar-refractivity contribution in [2.24, 2.45) is 16.7 Å². The van der Waals surface area contributed by atoms with Crippen LogP contribution in [0.1, 0.15) is 56.0 Å². The first kappa shape index (κ1) is 14.4. The van der Waals surface area contributed by atoms with Crippen LogP contribution in [0.2, 0.25) is 0 Å². The lowest BCUT2D eigenvalue weighted by atomic mass is 9.68. The van der Waals surface area contributed by atoms with E-state index in [1.165, 1.54) is 19.3 Å². The number of aromatic hydroxyl groups is 1. The van der Waals surface area contributed by atoms with Gasteiger partial charge in [0.15, 0.2) is 0 Å². The zero-order valence-electron chi connectivity index (χ0n) is 13.4. The zero-order valence-corrected chi connectivity index (χ0v) is 13.4. The van der Waals surface area contributed by atoms with Crippen LogP contribution in [0.4, 0.5) is 0 Å². The molecule has 2 aliphatic rings. The Labute approximate surface area is 126 Å². The smallest absolute Gasteiger partial charge is 0.251 e. The lowest BCUT2D eigenvalue weighted by molar-refractivity contribution is 0.0736. The molecule has 0 saturated heterocycles. The summed E-state index contributed by atoms with van der Waals surface area (Å²) < 4.78 is 0. The molecule has 2 bridgehead atoms. The number of benzene rings is 1. The van der Waals surface area contributed by atoms with Crippen LogP contribution in [0.3, 0.4) is 0 Å². The van der Waals surface area contributed by atoms with E-state index in [-0.39, 0.29) is 28.5 Å². The van der Waals surface area contributed by atoms with Crippen molar-refractivity contribution in [3.8, 4) is 5.75 Å². The number of carbonyl (C=O) groups excluding carboxylic acids is 1. The number of phenolic OH excluding ortho intramolecular Hbond substituents is 1. The number of nitrogens with one attached hydrogen (secondary N) is 1. The minimum atomic E-state index is -0.0600. The topological polar surface area (TPSA) is 49.3 Å². The Bertz CT molecular complexity index is 588. The second kappa shape index (κ2) is 4.49. The van der Waals surface area contributed by atoms with Gasteiger partial charge in [0.1, 0.15) is 5.75 Å². The zero-order chi connectivity index (χ0) is 15.4. The fourth-order valence-electron chi connectivity index (χ4n) is 4.74. The summed E-state index contributed by atoms with van der Waals surface area (Å²) in [5.41, 5.74) is 1.60. The van der Waals surface area contributed by atoms with Crippen molar-refractivity contribution < 1.29 is 9.90 Å². The van der Waals surface area contributed by atoms with Crippen molar-refractivity contribution in [3.05, 3.63) is 29.3 Å². The van der Waals surface area contributed by atoms with Crippen LogP contribution in [0.25, 0.3) is 0 Å². The standard InChI is InChI=1S/C18H25NO2/c1-11-13(6-5-7-14(11)20)15(21)19-16-17(2,3)12-8-9-18(16,4)10-12/h5-7,12,16,20H,8-10H2,1-4H3,(H,19,21). The van der Waals surface area contributed by atoms with Gasteiger partial charge in [0.25, 0.3) is 5.91 Å². The number of amides is 1. The average molecular weight is 287 g/mol. The molecule has 0 radical (unpaired) electrons. The molecule has 3 unspecified atom stereocenters. The summed E-state index contributed by atoms with van der Waals surface area (Å²) in [5.74, 6) is 0.828. The Morgan fingerprint density at radius 3 is 2.67 bits per heavy atom. The molecule has 2 fully saturated rings. The number of phenols is 1. The van der Waals surface area contributed by atoms with Crippen LogP contribution < -0.4 is 5.32 Å². The molecule has 0 aliphatic heterocycles. The van der Waals surface area contributed by atoms with Crippen molar-refractivity contribution in [2.45, 2.75) is 53.0 Å². The molecule has 2 aliphatic carbocycles. The molecule has 2 N–H and O–H groups in total. The maximum atomic E-state index is 12.7. The molecule has 1 aromatic rings. The molecule has 1 amide bonds. The maximum Gasteiger partial charge on any atom is 0.251 e. The highest BCUT2D eigenvalue weighted by atomic mass is 16.3. The monoisotopic (exact) mass is 287 g/mol. The molecule has 114 valence electrons. The molecule has 0 heterocycles. The van der Waals surface area contributed by atoms with Gasteiger partial charge in [-0.25, -0.2) is 0 Å². The second-order valence-corrected chi connectivity index (χ2v) is 7.77. The van der Waals surface area contributed by atoms with Crippen molar-refractivity contribution >= 4 is 5.91 Å². The Balaban J connectivity index is 1.87. The molecule has 2 saturated carbocycles. The Morgan fingerprint density at radius 2 is 2.05 bits per heavy atom. The summed E-state index contributed by atoms with van der Waals surface area (Å²) in [4.78, 5) is 12.7. The summed E-state index contributed by atoms with van der Waals surface area (Å²) in [6.45, 7) is 8.66. The molecule has 3 rings (SSSR count). The Kier molecular flexibility index (Phi) is 3.09. The van der Waals surface area contributed by atoms with Gasteiger partial charge < -0.3 is 10.4 Å². The van der Waals surface area contributed by atoms with Gasteiger partial charge in [0.2, 0.25) is 0 Å². The highest BCUT2D eigenvalue weighted by molar-refractivity contribution is 5.96. The molecular weight excluding hydrogens is 262 g/mol. The normalized spacial score (nSPS) is 33.1. The largest absolute Gasteiger partial charge is 0.508 e. The van der Waals surface area contributed by atoms with E-state index < -0.39 is 0 Å². The predicted octanol–water partition coefficient (Wildman–Crippen LogP) is 3.65. The van der Waals surface area contributed by atoms with Crippen LogP contribution in [0.5, 0.6) is 5.75 Å². The van der Waals surface area contributed by atoms with Gasteiger partial charge in [-0.3, -0.25) is 4.79 Å². The summed E-state index contributed by atoms with van der Waals surface area (Å²) in [6, 6.07) is 5.34. The van der Waals surface area contributed by atoms with E-state index in [1.807, 2.05) is 0 Å². The number of fused-ring (bicyclic) bond motifs is 2. The number of carbonyl (C=O) groups is 1. The summed E-state index contributed by atoms with van der Waals surface area (Å²) in [5, 5.41) is 13.1. The van der Waals surface area contributed by atoms with Gasteiger partial charge in [-0.1, -0.05) is 26.8 Å². The number of hydrogen-bond acceptors (Lipinski definition) is 2. The van der Waals surface area contributed by atoms with Crippen LogP contribution in [-0.2, 0) is 0 Å². The molecule has 3 heteroatoms. The molecule has 0 spiro atoms. The first-order chi connectivity index (χ1) is 9.75. The Hall–Kier alpha value is -1.51. The summed E-state index contributed by atoms with van der Waals surface area (Å²) in [7, 11) is 0. The molecule has 21 heavy (non-hydrogen) atoms. The number of hydrogen-bond donors (Lipinski definition) is 2. The van der Waals surface area contributed by atoms with Gasteiger partial charge in [-0.05, 0) is 55.1 Å². The third kappa shape index (κ3) is 2.05. The Morgan fingerprint density at radius 1 is 1.33 bits per heavy atom. The van der Waals surface area contributed by atoms with Gasteiger partial charge >= 0.3 is 0 Å². The maximum absolute atomic E-state index is 12.7. The van der Waals surface area contributed by atoms with E-state index in [0.717, 1.165) is 0 Å². The highest BCUT2D eigenvalue weighted by Crippen LogP contribution is 2.62. The molecule has 3 nitrogen and oxygen atoms in total. The first-order valence-corrected chi connectivity index (χ1v) is 7.85. The third-order valence-electron chi connectivity index (χ3n) is 6.10. The van der Waals surface area contributed by atoms with E-state index in [0.29, 0.717) is 17.0 Å². The van der Waals surface area contributed by atoms with Crippen molar-refractivity contribution in [1.82, 2.24) is 5.32 Å². The van der Waals surface area contributed by atoms with Gasteiger partial charge in [0, 0.05) is 17.2 Å². The first-order valence-electron chi connectivity index (χ1n) is 7.85. The predicted molar refractivity (Wildman–Crippen MR) is 83.3 cm³/mol. The van der Waals surface area contributed by atoms with Crippen LogP contribution in [0.15, 0.2) is 18.2 Å². The van der Waals surface area contributed by atoms with Gasteiger partial charge in [-0.15, -0.1) is 0 Å². The van der Waals surface area contributed by atoms with Crippen LogP contribution >= 0.6 is 0 Å². The highest BCUT2D eigenvalue weighted by Gasteiger charge is 2.59. The summed E-state index contributed by atoms with van der Waals surface area (Å²) in [6.07, 6.45) is 3.69. The lowest BCUT2D eigenvalue weighted by Crippen LogP contribution is -2.52. The van der Waals surface area contributed by atoms with E-state index in [4.69, 9.17) is 0 Å². The van der Waals surface area contributed by atoms with Crippen LogP contribution in [-0.4, -0.2) is 17.1 Å². The number of rotatable bonds is 2. The summed E-state index contributed by atoms with van der Waals surface area (Å²) >= 11 is 0. The SMILES string of the molecule is Cc1c(O)cccc1C(=O)NC1C2(C)CCC(C2)C1(C)C. The van der Waals surface area contributed by atoms with E-state index in [1.54, 1.807) is 25.1 Å². The van der Waals surface area contributed by atoms with Gasteiger partial charge in [0.05, 0.1) is 0 Å². The molecule has 1 aromatic carbocycles.